The van der Waals surface area contributed by atoms with E-state index in [0.717, 1.165) is 26.1 Å². The molecule has 19 heavy (non-hydrogen) atoms. The summed E-state index contributed by atoms with van der Waals surface area (Å²) < 4.78 is 5.27. The number of nitrogens with zero attached hydrogens (tertiary/aromatic N) is 1. The number of hydrogen-bond donors (Lipinski definition) is 2. The van der Waals surface area contributed by atoms with Crippen LogP contribution >= 0.6 is 0 Å². The summed E-state index contributed by atoms with van der Waals surface area (Å²) >= 11 is 0. The van der Waals surface area contributed by atoms with Crippen LogP contribution in [0.25, 0.3) is 0 Å². The minimum absolute atomic E-state index is 0.0198. The quantitative estimate of drug-likeness (QED) is 0.794. The maximum absolute atomic E-state index is 12.0. The molecule has 2 heterocycles. The summed E-state index contributed by atoms with van der Waals surface area (Å²) in [4.78, 5) is 24.6. The van der Waals surface area contributed by atoms with Crippen LogP contribution < -0.4 is 5.32 Å². The molecule has 2 amide bonds. The zero-order valence-electron chi connectivity index (χ0n) is 11.3. The van der Waals surface area contributed by atoms with Crippen molar-refractivity contribution < 1.29 is 19.4 Å². The van der Waals surface area contributed by atoms with Crippen LogP contribution in [0.2, 0.25) is 0 Å². The fourth-order valence-corrected chi connectivity index (χ4v) is 2.75. The van der Waals surface area contributed by atoms with E-state index in [4.69, 9.17) is 9.84 Å². The number of carboxylic acids is 1. The minimum Gasteiger partial charge on any atom is -0.481 e. The van der Waals surface area contributed by atoms with E-state index >= 15 is 0 Å². The summed E-state index contributed by atoms with van der Waals surface area (Å²) in [7, 11) is 0. The number of aliphatic carboxylic acids is 1. The van der Waals surface area contributed by atoms with E-state index in [1.165, 1.54) is 0 Å². The number of carboxylic acid groups (broad SMARTS) is 1. The molecule has 108 valence electrons. The summed E-state index contributed by atoms with van der Waals surface area (Å²) in [5.74, 6) is -0.750. The monoisotopic (exact) mass is 270 g/mol. The normalized spacial score (nSPS) is 28.4. The molecule has 2 rings (SSSR count). The second-order valence-electron chi connectivity index (χ2n) is 5.57. The third-order valence-electron chi connectivity index (χ3n) is 4.10. The smallest absolute Gasteiger partial charge is 0.317 e. The lowest BCUT2D eigenvalue weighted by Crippen LogP contribution is -2.41. The standard InChI is InChI=1S/C13H22N2O4/c1-9-7-15(8-11(9)12(16)17)13(18)14-6-10-2-4-19-5-3-10/h9-11H,2-8H2,1H3,(H,14,18)(H,16,17)/t9-,11-/m1/s1. The Hall–Kier alpha value is -1.30. The van der Waals surface area contributed by atoms with E-state index in [2.05, 4.69) is 5.32 Å². The number of likely N-dealkylation sites (tertiary alicyclic amines) is 1. The Labute approximate surface area is 113 Å². The number of ether oxygens (including phenoxy) is 1. The number of carbonyl (C=O) groups is 2. The molecule has 6 nitrogen and oxygen atoms in total. The Kier molecular flexibility index (Phi) is 4.63. The maximum atomic E-state index is 12.0. The van der Waals surface area contributed by atoms with Crippen LogP contribution in [0.4, 0.5) is 4.79 Å². The van der Waals surface area contributed by atoms with Crippen molar-refractivity contribution in [1.29, 1.82) is 0 Å². The fourth-order valence-electron chi connectivity index (χ4n) is 2.75. The lowest BCUT2D eigenvalue weighted by atomic mass is 9.99. The predicted octanol–water partition coefficient (Wildman–Crippen LogP) is 0.775. The zero-order valence-corrected chi connectivity index (χ0v) is 11.3. The topological polar surface area (TPSA) is 78.9 Å². The molecule has 0 spiro atoms. The third kappa shape index (κ3) is 3.59. The molecule has 0 unspecified atom stereocenters. The number of hydrogen-bond acceptors (Lipinski definition) is 3. The van der Waals surface area contributed by atoms with Crippen molar-refractivity contribution in [1.82, 2.24) is 10.2 Å². The highest BCUT2D eigenvalue weighted by atomic mass is 16.5. The number of nitrogens with one attached hydrogen (secondary N) is 1. The van der Waals surface area contributed by atoms with E-state index in [9.17, 15) is 9.59 Å². The van der Waals surface area contributed by atoms with Gasteiger partial charge in [-0.2, -0.15) is 0 Å². The van der Waals surface area contributed by atoms with Crippen LogP contribution in [0.1, 0.15) is 19.8 Å². The van der Waals surface area contributed by atoms with Gasteiger partial charge in [0.1, 0.15) is 0 Å². The van der Waals surface area contributed by atoms with Gasteiger partial charge in [0.15, 0.2) is 0 Å². The van der Waals surface area contributed by atoms with Gasteiger partial charge in [0, 0.05) is 32.8 Å². The van der Waals surface area contributed by atoms with Crippen molar-refractivity contribution in [3.05, 3.63) is 0 Å². The van der Waals surface area contributed by atoms with Crippen molar-refractivity contribution in [3.63, 3.8) is 0 Å². The molecule has 0 aromatic rings. The number of urea groups is 1. The Morgan fingerprint density at radius 1 is 1.32 bits per heavy atom. The molecule has 6 heteroatoms. The van der Waals surface area contributed by atoms with Crippen molar-refractivity contribution in [2.75, 3.05) is 32.8 Å². The van der Waals surface area contributed by atoms with Gasteiger partial charge in [0.05, 0.1) is 5.92 Å². The first-order valence-corrected chi connectivity index (χ1v) is 6.91. The number of rotatable bonds is 3. The van der Waals surface area contributed by atoms with Crippen molar-refractivity contribution >= 4 is 12.0 Å². The van der Waals surface area contributed by atoms with Gasteiger partial charge in [0.2, 0.25) is 0 Å². The molecule has 0 bridgehead atoms. The van der Waals surface area contributed by atoms with Crippen LogP contribution in [0.15, 0.2) is 0 Å². The van der Waals surface area contributed by atoms with Gasteiger partial charge in [-0.1, -0.05) is 6.92 Å². The van der Waals surface area contributed by atoms with Crippen molar-refractivity contribution in [2.24, 2.45) is 17.8 Å². The molecule has 2 N–H and O–H groups in total. The van der Waals surface area contributed by atoms with E-state index < -0.39 is 11.9 Å². The minimum atomic E-state index is -0.813. The molecular formula is C13H22N2O4. The molecule has 2 aliphatic heterocycles. The van der Waals surface area contributed by atoms with Crippen LogP contribution in [0.5, 0.6) is 0 Å². The van der Waals surface area contributed by atoms with Gasteiger partial charge in [-0.15, -0.1) is 0 Å². The van der Waals surface area contributed by atoms with Gasteiger partial charge in [-0.3, -0.25) is 4.79 Å². The van der Waals surface area contributed by atoms with Crippen LogP contribution in [-0.4, -0.2) is 54.9 Å². The summed E-state index contributed by atoms with van der Waals surface area (Å²) in [6.45, 7) is 4.91. The van der Waals surface area contributed by atoms with Gasteiger partial charge in [-0.05, 0) is 24.7 Å². The van der Waals surface area contributed by atoms with Gasteiger partial charge >= 0.3 is 12.0 Å². The molecule has 2 saturated heterocycles. The first-order valence-electron chi connectivity index (χ1n) is 6.91. The average molecular weight is 270 g/mol. The molecule has 2 fully saturated rings. The Morgan fingerprint density at radius 3 is 2.58 bits per heavy atom. The molecule has 0 saturated carbocycles. The van der Waals surface area contributed by atoms with Gasteiger partial charge in [0.25, 0.3) is 0 Å². The highest BCUT2D eigenvalue weighted by molar-refractivity contribution is 5.77. The first-order chi connectivity index (χ1) is 9.08. The zero-order chi connectivity index (χ0) is 13.8. The lowest BCUT2D eigenvalue weighted by molar-refractivity contribution is -0.142. The molecule has 0 radical (unpaired) electrons. The molecular weight excluding hydrogens is 248 g/mol. The molecule has 0 aromatic carbocycles. The molecule has 0 aromatic heterocycles. The van der Waals surface area contributed by atoms with Crippen molar-refractivity contribution in [3.8, 4) is 0 Å². The fraction of sp³-hybridized carbons (Fsp3) is 0.846. The summed E-state index contributed by atoms with van der Waals surface area (Å²) in [5, 5.41) is 12.0. The van der Waals surface area contributed by atoms with Crippen LogP contribution in [0, 0.1) is 17.8 Å². The Balaban J connectivity index is 1.76. The third-order valence-corrected chi connectivity index (χ3v) is 4.10. The SMILES string of the molecule is C[C@@H]1CN(C(=O)NCC2CCOCC2)C[C@H]1C(=O)O. The van der Waals surface area contributed by atoms with Gasteiger partial charge in [-0.25, -0.2) is 4.79 Å². The van der Waals surface area contributed by atoms with E-state index in [-0.39, 0.29) is 11.9 Å². The van der Waals surface area contributed by atoms with E-state index in [1.807, 2.05) is 6.92 Å². The number of amides is 2. The summed E-state index contributed by atoms with van der Waals surface area (Å²) in [6.07, 6.45) is 1.96. The van der Waals surface area contributed by atoms with Crippen LogP contribution in [0.3, 0.4) is 0 Å². The highest BCUT2D eigenvalue weighted by Crippen LogP contribution is 2.23. The molecule has 0 aliphatic carbocycles. The number of carbonyl (C=O) groups excluding carboxylic acids is 1. The largest absolute Gasteiger partial charge is 0.481 e. The van der Waals surface area contributed by atoms with E-state index in [0.29, 0.717) is 25.6 Å². The highest BCUT2D eigenvalue weighted by Gasteiger charge is 2.36. The van der Waals surface area contributed by atoms with E-state index in [1.54, 1.807) is 4.90 Å². The molecule has 2 aliphatic rings. The first kappa shape index (κ1) is 14.1. The Morgan fingerprint density at radius 2 is 2.00 bits per heavy atom. The second-order valence-corrected chi connectivity index (χ2v) is 5.57. The average Bonchev–Trinajstić information content (AvgIpc) is 2.79. The second kappa shape index (κ2) is 6.23. The molecule has 2 atom stereocenters. The van der Waals surface area contributed by atoms with Crippen LogP contribution in [-0.2, 0) is 9.53 Å². The van der Waals surface area contributed by atoms with Gasteiger partial charge < -0.3 is 20.1 Å². The Bertz CT molecular complexity index is 342. The summed E-state index contributed by atoms with van der Waals surface area (Å²) in [6, 6.07) is -0.137. The maximum Gasteiger partial charge on any atom is 0.317 e. The summed E-state index contributed by atoms with van der Waals surface area (Å²) in [5.41, 5.74) is 0. The predicted molar refractivity (Wildman–Crippen MR) is 68.8 cm³/mol. The van der Waals surface area contributed by atoms with Crippen molar-refractivity contribution in [2.45, 2.75) is 19.8 Å². The lowest BCUT2D eigenvalue weighted by Gasteiger charge is -2.24.